The van der Waals surface area contributed by atoms with Crippen LogP contribution in [0.2, 0.25) is 0 Å². The standard InChI is InChI=1S/C18H15N3O/c1-13-7-8-16(15(11-13)14-5-3-2-4-6-14)21-18(22)17-12-19-9-10-20-17/h2-12H,1H3,(H,21,22). The van der Waals surface area contributed by atoms with Gasteiger partial charge in [0.1, 0.15) is 5.69 Å². The fourth-order valence-corrected chi connectivity index (χ4v) is 2.23. The maximum atomic E-state index is 12.3. The van der Waals surface area contributed by atoms with Gasteiger partial charge in [-0.3, -0.25) is 9.78 Å². The van der Waals surface area contributed by atoms with E-state index in [1.165, 1.54) is 18.6 Å². The Morgan fingerprint density at radius 1 is 1.05 bits per heavy atom. The first-order valence-electron chi connectivity index (χ1n) is 6.97. The van der Waals surface area contributed by atoms with Crippen LogP contribution in [0.15, 0.2) is 67.1 Å². The van der Waals surface area contributed by atoms with Crippen molar-refractivity contribution in [2.24, 2.45) is 0 Å². The Morgan fingerprint density at radius 3 is 2.59 bits per heavy atom. The molecular weight excluding hydrogens is 274 g/mol. The van der Waals surface area contributed by atoms with Crippen molar-refractivity contribution in [3.05, 3.63) is 78.4 Å². The topological polar surface area (TPSA) is 54.9 Å². The third kappa shape index (κ3) is 3.01. The van der Waals surface area contributed by atoms with Crippen molar-refractivity contribution in [3.8, 4) is 11.1 Å². The number of rotatable bonds is 3. The van der Waals surface area contributed by atoms with E-state index in [2.05, 4.69) is 21.4 Å². The molecule has 1 N–H and O–H groups in total. The van der Waals surface area contributed by atoms with Crippen molar-refractivity contribution in [3.63, 3.8) is 0 Å². The average molecular weight is 289 g/mol. The Balaban J connectivity index is 1.96. The molecule has 0 bridgehead atoms. The maximum absolute atomic E-state index is 12.3. The molecule has 22 heavy (non-hydrogen) atoms. The van der Waals surface area contributed by atoms with Crippen LogP contribution in [0.4, 0.5) is 5.69 Å². The second-order valence-electron chi connectivity index (χ2n) is 4.96. The number of aromatic nitrogens is 2. The SMILES string of the molecule is Cc1ccc(NC(=O)c2cnccn2)c(-c2ccccc2)c1. The van der Waals surface area contributed by atoms with Gasteiger partial charge >= 0.3 is 0 Å². The van der Waals surface area contributed by atoms with E-state index in [-0.39, 0.29) is 5.91 Å². The largest absolute Gasteiger partial charge is 0.320 e. The van der Waals surface area contributed by atoms with E-state index in [4.69, 9.17) is 0 Å². The summed E-state index contributed by atoms with van der Waals surface area (Å²) in [5, 5.41) is 2.91. The van der Waals surface area contributed by atoms with Gasteiger partial charge in [0.2, 0.25) is 0 Å². The number of hydrogen-bond acceptors (Lipinski definition) is 3. The molecule has 0 atom stereocenters. The number of hydrogen-bond donors (Lipinski definition) is 1. The van der Waals surface area contributed by atoms with Crippen LogP contribution in [0.5, 0.6) is 0 Å². The van der Waals surface area contributed by atoms with E-state index in [9.17, 15) is 4.79 Å². The molecule has 0 spiro atoms. The predicted octanol–water partition coefficient (Wildman–Crippen LogP) is 3.70. The minimum absolute atomic E-state index is 0.269. The first-order valence-corrected chi connectivity index (χ1v) is 6.97. The molecule has 4 nitrogen and oxygen atoms in total. The number of amides is 1. The summed E-state index contributed by atoms with van der Waals surface area (Å²) in [6, 6.07) is 15.9. The van der Waals surface area contributed by atoms with E-state index in [0.29, 0.717) is 5.69 Å². The minimum Gasteiger partial charge on any atom is -0.320 e. The van der Waals surface area contributed by atoms with Gasteiger partial charge in [-0.05, 0) is 24.6 Å². The first kappa shape index (κ1) is 13.9. The lowest BCUT2D eigenvalue weighted by molar-refractivity contribution is 0.102. The number of benzene rings is 2. The van der Waals surface area contributed by atoms with Gasteiger partial charge in [0, 0.05) is 23.6 Å². The molecular formula is C18H15N3O. The Hall–Kier alpha value is -3.01. The van der Waals surface area contributed by atoms with Gasteiger partial charge in [-0.1, -0.05) is 42.0 Å². The van der Waals surface area contributed by atoms with Crippen LogP contribution in [0, 0.1) is 6.92 Å². The summed E-state index contributed by atoms with van der Waals surface area (Å²) in [5.74, 6) is -0.269. The summed E-state index contributed by atoms with van der Waals surface area (Å²) in [6.45, 7) is 2.03. The maximum Gasteiger partial charge on any atom is 0.275 e. The number of carbonyl (C=O) groups is 1. The molecule has 1 amide bonds. The van der Waals surface area contributed by atoms with Gasteiger partial charge in [-0.2, -0.15) is 0 Å². The molecule has 0 unspecified atom stereocenters. The van der Waals surface area contributed by atoms with E-state index >= 15 is 0 Å². The zero-order chi connectivity index (χ0) is 15.4. The molecule has 108 valence electrons. The molecule has 0 aliphatic heterocycles. The lowest BCUT2D eigenvalue weighted by Crippen LogP contribution is -2.14. The highest BCUT2D eigenvalue weighted by Gasteiger charge is 2.11. The minimum atomic E-state index is -0.269. The molecule has 2 aromatic carbocycles. The van der Waals surface area contributed by atoms with Crippen LogP contribution < -0.4 is 5.32 Å². The zero-order valence-corrected chi connectivity index (χ0v) is 12.2. The molecule has 1 heterocycles. The summed E-state index contributed by atoms with van der Waals surface area (Å²) in [6.07, 6.45) is 4.49. The quantitative estimate of drug-likeness (QED) is 0.799. The highest BCUT2D eigenvalue weighted by molar-refractivity contribution is 6.04. The third-order valence-electron chi connectivity index (χ3n) is 3.30. The molecule has 4 heteroatoms. The highest BCUT2D eigenvalue weighted by Crippen LogP contribution is 2.29. The van der Waals surface area contributed by atoms with E-state index < -0.39 is 0 Å². The normalized spacial score (nSPS) is 10.2. The number of aryl methyl sites for hydroxylation is 1. The second-order valence-corrected chi connectivity index (χ2v) is 4.96. The molecule has 0 saturated heterocycles. The van der Waals surface area contributed by atoms with Crippen molar-refractivity contribution >= 4 is 11.6 Å². The van der Waals surface area contributed by atoms with Crippen molar-refractivity contribution in [1.82, 2.24) is 9.97 Å². The zero-order valence-electron chi connectivity index (χ0n) is 12.2. The Kier molecular flexibility index (Phi) is 3.92. The first-order chi connectivity index (χ1) is 10.7. The van der Waals surface area contributed by atoms with Crippen LogP contribution in [0.3, 0.4) is 0 Å². The fourth-order valence-electron chi connectivity index (χ4n) is 2.23. The average Bonchev–Trinajstić information content (AvgIpc) is 2.58. The fraction of sp³-hybridized carbons (Fsp3) is 0.0556. The number of nitrogens with one attached hydrogen (secondary N) is 1. The monoisotopic (exact) mass is 289 g/mol. The highest BCUT2D eigenvalue weighted by atomic mass is 16.1. The predicted molar refractivity (Wildman–Crippen MR) is 86.6 cm³/mol. The molecule has 0 radical (unpaired) electrons. The summed E-state index contributed by atoms with van der Waals surface area (Å²) >= 11 is 0. The van der Waals surface area contributed by atoms with Gasteiger partial charge < -0.3 is 5.32 Å². The van der Waals surface area contributed by atoms with Crippen molar-refractivity contribution in [1.29, 1.82) is 0 Å². The van der Waals surface area contributed by atoms with Crippen molar-refractivity contribution < 1.29 is 4.79 Å². The molecule has 3 aromatic rings. The smallest absolute Gasteiger partial charge is 0.275 e. The summed E-state index contributed by atoms with van der Waals surface area (Å²) in [7, 11) is 0. The summed E-state index contributed by atoms with van der Waals surface area (Å²) < 4.78 is 0. The van der Waals surface area contributed by atoms with Crippen molar-refractivity contribution in [2.75, 3.05) is 5.32 Å². The van der Waals surface area contributed by atoms with Gasteiger partial charge in [0.15, 0.2) is 0 Å². The van der Waals surface area contributed by atoms with Crippen molar-refractivity contribution in [2.45, 2.75) is 6.92 Å². The Morgan fingerprint density at radius 2 is 1.86 bits per heavy atom. The van der Waals surface area contributed by atoms with Crippen LogP contribution in [-0.2, 0) is 0 Å². The third-order valence-corrected chi connectivity index (χ3v) is 3.30. The second kappa shape index (κ2) is 6.18. The van der Waals surface area contributed by atoms with Crippen LogP contribution in [0.25, 0.3) is 11.1 Å². The number of nitrogens with zero attached hydrogens (tertiary/aromatic N) is 2. The molecule has 0 aliphatic carbocycles. The van der Waals surface area contributed by atoms with Crippen LogP contribution in [0.1, 0.15) is 16.1 Å². The molecule has 0 fully saturated rings. The van der Waals surface area contributed by atoms with Crippen LogP contribution in [-0.4, -0.2) is 15.9 Å². The van der Waals surface area contributed by atoms with Gasteiger partial charge in [-0.15, -0.1) is 0 Å². The van der Waals surface area contributed by atoms with E-state index in [1.807, 2.05) is 49.4 Å². The number of anilines is 1. The summed E-state index contributed by atoms with van der Waals surface area (Å²) in [5.41, 5.74) is 4.23. The molecule has 1 aromatic heterocycles. The lowest BCUT2D eigenvalue weighted by Gasteiger charge is -2.12. The summed E-state index contributed by atoms with van der Waals surface area (Å²) in [4.78, 5) is 20.2. The lowest BCUT2D eigenvalue weighted by atomic mass is 10.0. The van der Waals surface area contributed by atoms with Crippen LogP contribution >= 0.6 is 0 Å². The molecule has 0 saturated carbocycles. The Labute approximate surface area is 128 Å². The van der Waals surface area contributed by atoms with Gasteiger partial charge in [-0.25, -0.2) is 4.98 Å². The molecule has 3 rings (SSSR count). The van der Waals surface area contributed by atoms with Gasteiger partial charge in [0.25, 0.3) is 5.91 Å². The number of carbonyl (C=O) groups excluding carboxylic acids is 1. The van der Waals surface area contributed by atoms with E-state index in [0.717, 1.165) is 22.4 Å². The Bertz CT molecular complexity index is 786. The van der Waals surface area contributed by atoms with Gasteiger partial charge in [0.05, 0.1) is 6.20 Å². The van der Waals surface area contributed by atoms with E-state index in [1.54, 1.807) is 0 Å². The molecule has 0 aliphatic rings.